The standard InChI is InChI=1S/C24H26N4O/c1-4-26-24(29)21-11-12-22(20-10-5-7-16(2)23(20)21)28-15-19-9-6-8-18(13-19)14-27-17(3)25/h4-13,27-28H,1,3,14-15,25H2,2H3,(H,26,29). The van der Waals surface area contributed by atoms with E-state index in [1.54, 1.807) is 0 Å². The number of aryl methyl sites for hydroxylation is 1. The normalized spacial score (nSPS) is 10.4. The zero-order chi connectivity index (χ0) is 20.8. The fraction of sp³-hybridized carbons (Fsp3) is 0.125. The van der Waals surface area contributed by atoms with Crippen LogP contribution in [-0.4, -0.2) is 5.91 Å². The number of rotatable bonds is 8. The Kier molecular flexibility index (Phi) is 6.19. The minimum Gasteiger partial charge on any atom is -0.386 e. The maximum absolute atomic E-state index is 12.4. The van der Waals surface area contributed by atoms with Crippen LogP contribution < -0.4 is 21.7 Å². The van der Waals surface area contributed by atoms with Gasteiger partial charge in [0.15, 0.2) is 0 Å². The fourth-order valence-electron chi connectivity index (χ4n) is 3.37. The van der Waals surface area contributed by atoms with E-state index in [2.05, 4.69) is 41.2 Å². The Labute approximate surface area is 171 Å². The maximum Gasteiger partial charge on any atom is 0.255 e. The van der Waals surface area contributed by atoms with Crippen LogP contribution in [-0.2, 0) is 13.1 Å². The van der Waals surface area contributed by atoms with E-state index in [9.17, 15) is 4.79 Å². The molecule has 0 atom stereocenters. The molecular formula is C24H26N4O. The zero-order valence-corrected chi connectivity index (χ0v) is 16.6. The van der Waals surface area contributed by atoms with Crippen LogP contribution in [0.25, 0.3) is 10.8 Å². The summed E-state index contributed by atoms with van der Waals surface area (Å²) in [6.45, 7) is 10.5. The SMILES string of the molecule is C=CNC(=O)c1ccc(NCc2cccc(CNC(=C)N)c2)c2cccc(C)c12. The van der Waals surface area contributed by atoms with Gasteiger partial charge in [-0.2, -0.15) is 0 Å². The van der Waals surface area contributed by atoms with Crippen LogP contribution in [0.15, 0.2) is 79.8 Å². The highest BCUT2D eigenvalue weighted by atomic mass is 16.1. The lowest BCUT2D eigenvalue weighted by Gasteiger charge is -2.15. The summed E-state index contributed by atoms with van der Waals surface area (Å²) in [5.74, 6) is 0.295. The second kappa shape index (κ2) is 8.97. The number of anilines is 1. The summed E-state index contributed by atoms with van der Waals surface area (Å²) >= 11 is 0. The molecule has 148 valence electrons. The molecule has 3 aromatic carbocycles. The van der Waals surface area contributed by atoms with E-state index in [0.29, 0.717) is 24.5 Å². The molecule has 0 radical (unpaired) electrons. The monoisotopic (exact) mass is 386 g/mol. The van der Waals surface area contributed by atoms with Gasteiger partial charge in [-0.1, -0.05) is 55.6 Å². The van der Waals surface area contributed by atoms with E-state index < -0.39 is 0 Å². The van der Waals surface area contributed by atoms with Crippen LogP contribution in [0.2, 0.25) is 0 Å². The lowest BCUT2D eigenvalue weighted by molar-refractivity contribution is 0.0972. The third-order valence-electron chi connectivity index (χ3n) is 4.72. The molecule has 0 fully saturated rings. The van der Waals surface area contributed by atoms with Gasteiger partial charge in [-0.05, 0) is 47.3 Å². The average molecular weight is 386 g/mol. The van der Waals surface area contributed by atoms with E-state index in [0.717, 1.165) is 33.2 Å². The molecule has 5 nitrogen and oxygen atoms in total. The Balaban J connectivity index is 1.86. The number of nitrogens with two attached hydrogens (primary N) is 1. The number of fused-ring (bicyclic) bond motifs is 1. The van der Waals surface area contributed by atoms with E-state index >= 15 is 0 Å². The van der Waals surface area contributed by atoms with E-state index in [-0.39, 0.29) is 5.91 Å². The Hall–Kier alpha value is -3.73. The van der Waals surface area contributed by atoms with Gasteiger partial charge >= 0.3 is 0 Å². The minimum atomic E-state index is -0.160. The van der Waals surface area contributed by atoms with Gasteiger partial charge in [-0.25, -0.2) is 0 Å². The third-order valence-corrected chi connectivity index (χ3v) is 4.72. The summed E-state index contributed by atoms with van der Waals surface area (Å²) in [5, 5.41) is 11.2. The van der Waals surface area contributed by atoms with E-state index in [1.165, 1.54) is 6.20 Å². The molecule has 5 N–H and O–H groups in total. The van der Waals surface area contributed by atoms with Gasteiger partial charge in [-0.15, -0.1) is 0 Å². The van der Waals surface area contributed by atoms with Crippen LogP contribution >= 0.6 is 0 Å². The lowest BCUT2D eigenvalue weighted by Crippen LogP contribution is -2.18. The molecule has 0 heterocycles. The predicted molar refractivity (Wildman–Crippen MR) is 120 cm³/mol. The molecule has 0 aromatic heterocycles. The van der Waals surface area contributed by atoms with E-state index in [4.69, 9.17) is 5.73 Å². The number of hydrogen-bond donors (Lipinski definition) is 4. The Morgan fingerprint density at radius 3 is 2.52 bits per heavy atom. The summed E-state index contributed by atoms with van der Waals surface area (Å²) < 4.78 is 0. The van der Waals surface area contributed by atoms with E-state index in [1.807, 2.05) is 49.4 Å². The summed E-state index contributed by atoms with van der Waals surface area (Å²) in [6, 6.07) is 18.1. The van der Waals surface area contributed by atoms with Crippen molar-refractivity contribution < 1.29 is 4.79 Å². The average Bonchev–Trinajstić information content (AvgIpc) is 2.71. The maximum atomic E-state index is 12.4. The summed E-state index contributed by atoms with van der Waals surface area (Å²) in [4.78, 5) is 12.4. The number of carbonyl (C=O) groups excluding carboxylic acids is 1. The minimum absolute atomic E-state index is 0.160. The first kappa shape index (κ1) is 20.0. The molecule has 0 saturated heterocycles. The zero-order valence-electron chi connectivity index (χ0n) is 16.6. The highest BCUT2D eigenvalue weighted by Gasteiger charge is 2.13. The van der Waals surface area contributed by atoms with Crippen molar-refractivity contribution in [2.24, 2.45) is 5.73 Å². The van der Waals surface area contributed by atoms with Gasteiger partial charge in [0.05, 0.1) is 5.82 Å². The molecule has 3 rings (SSSR count). The molecule has 1 amide bonds. The van der Waals surface area contributed by atoms with Gasteiger partial charge in [-0.3, -0.25) is 4.79 Å². The van der Waals surface area contributed by atoms with Crippen molar-refractivity contribution in [3.05, 3.63) is 102 Å². The Bertz CT molecular complexity index is 1070. The molecule has 0 aliphatic carbocycles. The van der Waals surface area contributed by atoms with Crippen LogP contribution in [0.5, 0.6) is 0 Å². The molecule has 0 aliphatic heterocycles. The lowest BCUT2D eigenvalue weighted by atomic mass is 9.98. The molecular weight excluding hydrogens is 360 g/mol. The molecule has 0 unspecified atom stereocenters. The molecule has 29 heavy (non-hydrogen) atoms. The molecule has 0 saturated carbocycles. The highest BCUT2D eigenvalue weighted by Crippen LogP contribution is 2.30. The van der Waals surface area contributed by atoms with Gasteiger partial charge in [0.25, 0.3) is 5.91 Å². The molecule has 0 spiro atoms. The second-order valence-corrected chi connectivity index (χ2v) is 6.89. The number of benzene rings is 3. The van der Waals surface area contributed by atoms with Crippen molar-refractivity contribution in [2.45, 2.75) is 20.0 Å². The van der Waals surface area contributed by atoms with Crippen LogP contribution in [0, 0.1) is 6.92 Å². The van der Waals surface area contributed by atoms with Crippen molar-refractivity contribution in [2.75, 3.05) is 5.32 Å². The largest absolute Gasteiger partial charge is 0.386 e. The first-order chi connectivity index (χ1) is 14.0. The van der Waals surface area contributed by atoms with Gasteiger partial charge in [0.2, 0.25) is 0 Å². The third kappa shape index (κ3) is 4.76. The number of hydrogen-bond acceptors (Lipinski definition) is 4. The number of amides is 1. The van der Waals surface area contributed by atoms with Gasteiger partial charge < -0.3 is 21.7 Å². The molecule has 0 bridgehead atoms. The topological polar surface area (TPSA) is 79.2 Å². The number of carbonyl (C=O) groups is 1. The van der Waals surface area contributed by atoms with Crippen LogP contribution in [0.3, 0.4) is 0 Å². The molecule has 3 aromatic rings. The van der Waals surface area contributed by atoms with Crippen molar-refractivity contribution in [1.29, 1.82) is 0 Å². The Morgan fingerprint density at radius 1 is 1.07 bits per heavy atom. The molecule has 5 heteroatoms. The van der Waals surface area contributed by atoms with Crippen molar-refractivity contribution in [1.82, 2.24) is 10.6 Å². The second-order valence-electron chi connectivity index (χ2n) is 6.89. The van der Waals surface area contributed by atoms with Crippen LogP contribution in [0.4, 0.5) is 5.69 Å². The highest BCUT2D eigenvalue weighted by molar-refractivity contribution is 6.11. The van der Waals surface area contributed by atoms with Gasteiger partial charge in [0, 0.05) is 29.7 Å². The first-order valence-corrected chi connectivity index (χ1v) is 9.43. The Morgan fingerprint density at radius 2 is 1.79 bits per heavy atom. The fourth-order valence-corrected chi connectivity index (χ4v) is 3.37. The predicted octanol–water partition coefficient (Wildman–Crippen LogP) is 4.15. The van der Waals surface area contributed by atoms with Crippen LogP contribution in [0.1, 0.15) is 27.0 Å². The number of nitrogens with one attached hydrogen (secondary N) is 3. The quantitative estimate of drug-likeness (QED) is 0.469. The van der Waals surface area contributed by atoms with Crippen molar-refractivity contribution >= 4 is 22.4 Å². The summed E-state index contributed by atoms with van der Waals surface area (Å²) in [5.41, 5.74) is 10.5. The van der Waals surface area contributed by atoms with Crippen molar-refractivity contribution in [3.63, 3.8) is 0 Å². The summed E-state index contributed by atoms with van der Waals surface area (Å²) in [6.07, 6.45) is 1.40. The first-order valence-electron chi connectivity index (χ1n) is 9.43. The molecule has 0 aliphatic rings. The van der Waals surface area contributed by atoms with Gasteiger partial charge in [0.1, 0.15) is 0 Å². The smallest absolute Gasteiger partial charge is 0.255 e. The van der Waals surface area contributed by atoms with Crippen molar-refractivity contribution in [3.8, 4) is 0 Å². The summed E-state index contributed by atoms with van der Waals surface area (Å²) in [7, 11) is 0.